The summed E-state index contributed by atoms with van der Waals surface area (Å²) >= 11 is 12.5. The Morgan fingerprint density at radius 3 is 2.38 bits per heavy atom. The lowest BCUT2D eigenvalue weighted by molar-refractivity contribution is -0.151. The number of rotatable bonds is 6. The van der Waals surface area contributed by atoms with E-state index in [9.17, 15) is 9.59 Å². The molecule has 154 valence electrons. The zero-order chi connectivity index (χ0) is 20.8. The van der Waals surface area contributed by atoms with Crippen LogP contribution in [0.15, 0.2) is 42.5 Å². The number of anilines is 2. The molecule has 0 saturated carbocycles. The summed E-state index contributed by atoms with van der Waals surface area (Å²) in [5, 5.41) is 4.20. The molecule has 6 nitrogen and oxygen atoms in total. The topological polar surface area (TPSA) is 84.7 Å². The monoisotopic (exact) mass is 435 g/mol. The molecule has 0 aliphatic carbocycles. The fraction of sp³-hybridized carbons (Fsp3) is 0.333. The largest absolute Gasteiger partial charge is 0.462 e. The van der Waals surface area contributed by atoms with Gasteiger partial charge in [-0.25, -0.2) is 0 Å². The summed E-state index contributed by atoms with van der Waals surface area (Å²) in [6.07, 6.45) is 1.16. The summed E-state index contributed by atoms with van der Waals surface area (Å²) < 4.78 is 5.62. The number of amides is 1. The fourth-order valence-electron chi connectivity index (χ4n) is 3.28. The number of nitrogens with zero attached hydrogens (tertiary/aromatic N) is 1. The third-order valence-corrected chi connectivity index (χ3v) is 5.47. The Morgan fingerprint density at radius 1 is 1.07 bits per heavy atom. The number of piperidine rings is 1. The van der Waals surface area contributed by atoms with Crippen molar-refractivity contribution >= 4 is 46.5 Å². The molecule has 1 saturated heterocycles. The highest BCUT2D eigenvalue weighted by Crippen LogP contribution is 2.33. The van der Waals surface area contributed by atoms with E-state index in [0.29, 0.717) is 41.7 Å². The molecule has 1 aliphatic rings. The Labute approximate surface area is 179 Å². The predicted molar refractivity (Wildman–Crippen MR) is 115 cm³/mol. The van der Waals surface area contributed by atoms with Gasteiger partial charge in [0.1, 0.15) is 6.10 Å². The molecule has 0 aromatic heterocycles. The van der Waals surface area contributed by atoms with Crippen molar-refractivity contribution in [1.82, 2.24) is 4.90 Å². The molecule has 1 heterocycles. The molecule has 3 rings (SSSR count). The number of nitrogens with one attached hydrogen (secondary N) is 1. The molecule has 0 bridgehead atoms. The minimum Gasteiger partial charge on any atom is -0.462 e. The Balaban J connectivity index is 1.61. The van der Waals surface area contributed by atoms with Crippen LogP contribution in [-0.4, -0.2) is 42.5 Å². The lowest BCUT2D eigenvalue weighted by Crippen LogP contribution is -2.44. The van der Waals surface area contributed by atoms with Crippen LogP contribution >= 0.6 is 23.2 Å². The SMILES string of the molecule is NCC(=O)N1CCC(OC(=O)Cc2ccccc2Nc2c(Cl)cccc2Cl)CC1. The smallest absolute Gasteiger partial charge is 0.310 e. The van der Waals surface area contributed by atoms with Gasteiger partial charge in [0, 0.05) is 31.6 Å². The van der Waals surface area contributed by atoms with Gasteiger partial charge in [-0.3, -0.25) is 9.59 Å². The second-order valence-corrected chi connectivity index (χ2v) is 7.64. The summed E-state index contributed by atoms with van der Waals surface area (Å²) in [4.78, 5) is 25.8. The molecule has 1 amide bonds. The van der Waals surface area contributed by atoms with Gasteiger partial charge in [0.25, 0.3) is 0 Å². The van der Waals surface area contributed by atoms with Crippen molar-refractivity contribution in [2.75, 3.05) is 25.0 Å². The summed E-state index contributed by atoms with van der Waals surface area (Å²) in [5.41, 5.74) is 7.50. The summed E-state index contributed by atoms with van der Waals surface area (Å²) in [6.45, 7) is 1.11. The van der Waals surface area contributed by atoms with Crippen LogP contribution in [0.4, 0.5) is 11.4 Å². The number of ether oxygens (including phenoxy) is 1. The number of nitrogens with two attached hydrogens (primary N) is 1. The van der Waals surface area contributed by atoms with Crippen molar-refractivity contribution in [1.29, 1.82) is 0 Å². The molecule has 3 N–H and O–H groups in total. The number of halogens is 2. The van der Waals surface area contributed by atoms with Crippen molar-refractivity contribution in [3.05, 3.63) is 58.1 Å². The molecule has 1 fully saturated rings. The highest BCUT2D eigenvalue weighted by Gasteiger charge is 2.24. The fourth-order valence-corrected chi connectivity index (χ4v) is 3.78. The summed E-state index contributed by atoms with van der Waals surface area (Å²) in [7, 11) is 0. The number of carbonyl (C=O) groups is 2. The molecule has 0 radical (unpaired) electrons. The van der Waals surface area contributed by atoms with Gasteiger partial charge in [-0.05, 0) is 23.8 Å². The van der Waals surface area contributed by atoms with Crippen molar-refractivity contribution in [2.24, 2.45) is 5.73 Å². The number of carbonyl (C=O) groups excluding carboxylic acids is 2. The number of likely N-dealkylation sites (tertiary alicyclic amines) is 1. The summed E-state index contributed by atoms with van der Waals surface area (Å²) in [5.74, 6) is -0.388. The van der Waals surface area contributed by atoms with Crippen LogP contribution in [0.25, 0.3) is 0 Å². The average Bonchev–Trinajstić information content (AvgIpc) is 2.72. The van der Waals surface area contributed by atoms with Crippen LogP contribution < -0.4 is 11.1 Å². The lowest BCUT2D eigenvalue weighted by atomic mass is 10.1. The number of esters is 1. The van der Waals surface area contributed by atoms with Gasteiger partial charge in [0.05, 0.1) is 28.7 Å². The van der Waals surface area contributed by atoms with Crippen LogP contribution in [0.2, 0.25) is 10.0 Å². The molecule has 8 heteroatoms. The van der Waals surface area contributed by atoms with E-state index in [1.165, 1.54) is 0 Å². The Hall–Kier alpha value is -2.28. The predicted octanol–water partition coefficient (Wildman–Crippen LogP) is 3.77. The van der Waals surface area contributed by atoms with Gasteiger partial charge in [-0.2, -0.15) is 0 Å². The number of benzene rings is 2. The van der Waals surface area contributed by atoms with Crippen molar-refractivity contribution in [3.63, 3.8) is 0 Å². The standard InChI is InChI=1S/C21H23Cl2N3O3/c22-16-5-3-6-17(23)21(16)25-18-7-2-1-4-14(18)12-20(28)29-15-8-10-26(11-9-15)19(27)13-24/h1-7,15,25H,8-13,24H2. The highest BCUT2D eigenvalue weighted by atomic mass is 35.5. The second-order valence-electron chi connectivity index (χ2n) is 6.83. The molecule has 2 aromatic rings. The first-order valence-corrected chi connectivity index (χ1v) is 10.2. The van der Waals surface area contributed by atoms with E-state index in [2.05, 4.69) is 5.32 Å². The lowest BCUT2D eigenvalue weighted by Gasteiger charge is -2.31. The molecule has 1 aliphatic heterocycles. The third kappa shape index (κ3) is 5.63. The number of hydrogen-bond donors (Lipinski definition) is 2. The van der Waals surface area contributed by atoms with Crippen LogP contribution in [-0.2, 0) is 20.7 Å². The minimum absolute atomic E-state index is 0.00366. The van der Waals surface area contributed by atoms with Gasteiger partial charge in [0.2, 0.25) is 5.91 Å². The van der Waals surface area contributed by atoms with E-state index >= 15 is 0 Å². The Morgan fingerprint density at radius 2 is 1.72 bits per heavy atom. The maximum absolute atomic E-state index is 12.5. The second kappa shape index (κ2) is 9.96. The highest BCUT2D eigenvalue weighted by molar-refractivity contribution is 6.39. The normalized spacial score (nSPS) is 14.5. The van der Waals surface area contributed by atoms with Gasteiger partial charge in [-0.1, -0.05) is 47.5 Å². The molecule has 29 heavy (non-hydrogen) atoms. The minimum atomic E-state index is -0.312. The molecular formula is C21H23Cl2N3O3. The van der Waals surface area contributed by atoms with Crippen LogP contribution in [0.1, 0.15) is 18.4 Å². The molecule has 0 unspecified atom stereocenters. The van der Waals surface area contributed by atoms with Gasteiger partial charge < -0.3 is 20.7 Å². The van der Waals surface area contributed by atoms with Crippen molar-refractivity contribution in [2.45, 2.75) is 25.4 Å². The van der Waals surface area contributed by atoms with Crippen molar-refractivity contribution in [3.8, 4) is 0 Å². The zero-order valence-electron chi connectivity index (χ0n) is 15.9. The van der Waals surface area contributed by atoms with E-state index in [4.69, 9.17) is 33.7 Å². The molecular weight excluding hydrogens is 413 g/mol. The van der Waals surface area contributed by atoms with Crippen LogP contribution in [0.5, 0.6) is 0 Å². The Kier molecular flexibility index (Phi) is 7.36. The Bertz CT molecular complexity index is 863. The van der Waals surface area contributed by atoms with E-state index in [1.807, 2.05) is 24.3 Å². The molecule has 0 atom stereocenters. The summed E-state index contributed by atoms with van der Waals surface area (Å²) in [6, 6.07) is 12.7. The molecule has 2 aromatic carbocycles. The first-order chi connectivity index (χ1) is 14.0. The van der Waals surface area contributed by atoms with E-state index in [0.717, 1.165) is 11.3 Å². The number of hydrogen-bond acceptors (Lipinski definition) is 5. The average molecular weight is 436 g/mol. The van der Waals surface area contributed by atoms with Crippen molar-refractivity contribution < 1.29 is 14.3 Å². The maximum atomic E-state index is 12.5. The third-order valence-electron chi connectivity index (χ3n) is 4.84. The van der Waals surface area contributed by atoms with E-state index < -0.39 is 0 Å². The molecule has 0 spiro atoms. The van der Waals surface area contributed by atoms with Gasteiger partial charge in [-0.15, -0.1) is 0 Å². The first-order valence-electron chi connectivity index (χ1n) is 9.44. The quantitative estimate of drug-likeness (QED) is 0.674. The van der Waals surface area contributed by atoms with Crippen LogP contribution in [0, 0.1) is 0 Å². The number of para-hydroxylation sites is 2. The van der Waals surface area contributed by atoms with Gasteiger partial charge >= 0.3 is 5.97 Å². The maximum Gasteiger partial charge on any atom is 0.310 e. The van der Waals surface area contributed by atoms with Gasteiger partial charge in [0.15, 0.2) is 0 Å². The van der Waals surface area contributed by atoms with E-state index in [1.54, 1.807) is 23.1 Å². The van der Waals surface area contributed by atoms with E-state index in [-0.39, 0.29) is 30.9 Å². The zero-order valence-corrected chi connectivity index (χ0v) is 17.4. The first kappa shape index (κ1) is 21.4. The van der Waals surface area contributed by atoms with Crippen LogP contribution in [0.3, 0.4) is 0 Å².